The summed E-state index contributed by atoms with van der Waals surface area (Å²) in [5.41, 5.74) is -0.132. The van der Waals surface area contributed by atoms with Gasteiger partial charge in [-0.2, -0.15) is 4.98 Å². The largest absolute Gasteiger partial charge is 0.318 e. The van der Waals surface area contributed by atoms with E-state index < -0.39 is 11.1 Å². The number of aromatic nitrogens is 4. The lowest BCUT2D eigenvalue weighted by Gasteiger charge is -2.28. The molecule has 2 aromatic rings. The van der Waals surface area contributed by atoms with Gasteiger partial charge in [-0.15, -0.1) is 0 Å². The second-order valence-electron chi connectivity index (χ2n) is 4.47. The molecule has 18 heavy (non-hydrogen) atoms. The van der Waals surface area contributed by atoms with Crippen molar-refractivity contribution >= 4 is 22.8 Å². The molecule has 0 spiro atoms. The van der Waals surface area contributed by atoms with Crippen molar-refractivity contribution in [2.75, 3.05) is 0 Å². The summed E-state index contributed by atoms with van der Waals surface area (Å²) >= 11 is 5.78. The third-order valence-corrected chi connectivity index (χ3v) is 3.64. The van der Waals surface area contributed by atoms with Gasteiger partial charge >= 0.3 is 11.1 Å². The van der Waals surface area contributed by atoms with Gasteiger partial charge < -0.3 is 4.57 Å². The van der Waals surface area contributed by atoms with Crippen molar-refractivity contribution in [3.63, 3.8) is 0 Å². The number of halogens is 1. The Morgan fingerprint density at radius 3 is 2.67 bits per heavy atom. The van der Waals surface area contributed by atoms with Crippen LogP contribution in [0, 0.1) is 0 Å². The summed E-state index contributed by atoms with van der Waals surface area (Å²) < 4.78 is 2.73. The minimum Gasteiger partial charge on any atom is -0.303 e. The van der Waals surface area contributed by atoms with Gasteiger partial charge in [-0.25, -0.2) is 4.98 Å². The van der Waals surface area contributed by atoms with Gasteiger partial charge in [0.15, 0.2) is 5.65 Å². The summed E-state index contributed by atoms with van der Waals surface area (Å²) in [6.45, 7) is 0. The Kier molecular flexibility index (Phi) is 2.48. The molecular formula is C11H11ClN4O2. The first kappa shape index (κ1) is 11.4. The molecule has 2 aromatic heterocycles. The Labute approximate surface area is 107 Å². The standard InChI is InChI=1S/C11H11ClN4O2/c1-15-7-5-13-11(12)14-8(7)16(6-3-2-4-6)10(18)9(15)17/h5-6H,2-4H2,1H3. The summed E-state index contributed by atoms with van der Waals surface area (Å²) in [5.74, 6) is 0. The lowest BCUT2D eigenvalue weighted by Crippen LogP contribution is -2.43. The molecule has 1 saturated carbocycles. The van der Waals surface area contributed by atoms with Gasteiger partial charge in [0, 0.05) is 13.1 Å². The molecule has 0 radical (unpaired) electrons. The Balaban J connectivity index is 2.48. The summed E-state index contributed by atoms with van der Waals surface area (Å²) in [6.07, 6.45) is 4.32. The zero-order valence-corrected chi connectivity index (χ0v) is 10.5. The molecule has 7 heteroatoms. The molecule has 6 nitrogen and oxygen atoms in total. The Morgan fingerprint density at radius 2 is 2.06 bits per heavy atom. The maximum absolute atomic E-state index is 12.1. The third kappa shape index (κ3) is 1.49. The highest BCUT2D eigenvalue weighted by Crippen LogP contribution is 2.31. The number of nitrogens with zero attached hydrogens (tertiary/aromatic N) is 4. The van der Waals surface area contributed by atoms with E-state index >= 15 is 0 Å². The maximum atomic E-state index is 12.1. The normalized spacial score (nSPS) is 15.9. The summed E-state index contributed by atoms with van der Waals surface area (Å²) in [4.78, 5) is 31.9. The predicted molar refractivity (Wildman–Crippen MR) is 66.9 cm³/mol. The second-order valence-corrected chi connectivity index (χ2v) is 4.81. The van der Waals surface area contributed by atoms with Crippen LogP contribution in [0.3, 0.4) is 0 Å². The molecule has 0 unspecified atom stereocenters. The lowest BCUT2D eigenvalue weighted by atomic mass is 9.93. The molecular weight excluding hydrogens is 256 g/mol. The van der Waals surface area contributed by atoms with E-state index in [2.05, 4.69) is 9.97 Å². The first-order chi connectivity index (χ1) is 8.59. The van der Waals surface area contributed by atoms with Crippen molar-refractivity contribution in [1.29, 1.82) is 0 Å². The topological polar surface area (TPSA) is 69.8 Å². The van der Waals surface area contributed by atoms with Crippen molar-refractivity contribution in [3.8, 4) is 0 Å². The van der Waals surface area contributed by atoms with Gasteiger partial charge in [0.05, 0.1) is 6.20 Å². The van der Waals surface area contributed by atoms with Gasteiger partial charge in [0.1, 0.15) is 5.52 Å². The summed E-state index contributed by atoms with van der Waals surface area (Å²) in [5, 5.41) is 0.0774. The zero-order valence-electron chi connectivity index (χ0n) is 9.76. The Morgan fingerprint density at radius 1 is 1.33 bits per heavy atom. The van der Waals surface area contributed by atoms with Crippen LogP contribution < -0.4 is 11.1 Å². The molecule has 1 aliphatic rings. The van der Waals surface area contributed by atoms with E-state index in [0.29, 0.717) is 11.2 Å². The number of aryl methyl sites for hydroxylation is 1. The predicted octanol–water partition coefficient (Wildman–Crippen LogP) is 0.869. The minimum atomic E-state index is -0.555. The van der Waals surface area contributed by atoms with E-state index in [9.17, 15) is 9.59 Å². The van der Waals surface area contributed by atoms with Gasteiger partial charge in [-0.1, -0.05) is 0 Å². The highest BCUT2D eigenvalue weighted by molar-refractivity contribution is 6.28. The van der Waals surface area contributed by atoms with Crippen LogP contribution in [0.5, 0.6) is 0 Å². The molecule has 0 aromatic carbocycles. The molecule has 3 rings (SSSR count). The molecule has 1 aliphatic carbocycles. The number of fused-ring (bicyclic) bond motifs is 1. The molecule has 94 valence electrons. The smallest absolute Gasteiger partial charge is 0.303 e. The van der Waals surface area contributed by atoms with Gasteiger partial charge in [-0.05, 0) is 30.9 Å². The average molecular weight is 267 g/mol. The van der Waals surface area contributed by atoms with E-state index in [1.807, 2.05) is 0 Å². The van der Waals surface area contributed by atoms with Gasteiger partial charge in [0.2, 0.25) is 5.28 Å². The maximum Gasteiger partial charge on any atom is 0.318 e. The van der Waals surface area contributed by atoms with Gasteiger partial charge in [0.25, 0.3) is 0 Å². The van der Waals surface area contributed by atoms with Crippen LogP contribution in [0.4, 0.5) is 0 Å². The van der Waals surface area contributed by atoms with Gasteiger partial charge in [-0.3, -0.25) is 14.2 Å². The van der Waals surface area contributed by atoms with E-state index in [1.165, 1.54) is 22.4 Å². The van der Waals surface area contributed by atoms with E-state index in [0.717, 1.165) is 19.3 Å². The number of hydrogen-bond donors (Lipinski definition) is 0. The van der Waals surface area contributed by atoms with E-state index in [-0.39, 0.29) is 11.3 Å². The third-order valence-electron chi connectivity index (χ3n) is 3.46. The van der Waals surface area contributed by atoms with Crippen molar-refractivity contribution in [2.45, 2.75) is 25.3 Å². The Bertz CT molecular complexity index is 745. The fourth-order valence-corrected chi connectivity index (χ4v) is 2.32. The molecule has 0 saturated heterocycles. The van der Waals surface area contributed by atoms with Crippen LogP contribution in [0.1, 0.15) is 25.3 Å². The molecule has 0 amide bonds. The van der Waals surface area contributed by atoms with Crippen molar-refractivity contribution in [3.05, 3.63) is 32.2 Å². The van der Waals surface area contributed by atoms with Crippen LogP contribution in [-0.2, 0) is 7.05 Å². The van der Waals surface area contributed by atoms with E-state index in [4.69, 9.17) is 11.6 Å². The van der Waals surface area contributed by atoms with E-state index in [1.54, 1.807) is 0 Å². The van der Waals surface area contributed by atoms with Crippen molar-refractivity contribution < 1.29 is 0 Å². The van der Waals surface area contributed by atoms with Crippen LogP contribution in [-0.4, -0.2) is 19.1 Å². The molecule has 0 aliphatic heterocycles. The average Bonchev–Trinajstić information content (AvgIpc) is 2.29. The van der Waals surface area contributed by atoms with Crippen molar-refractivity contribution in [1.82, 2.24) is 19.1 Å². The molecule has 1 fully saturated rings. The zero-order chi connectivity index (χ0) is 12.9. The first-order valence-corrected chi connectivity index (χ1v) is 6.11. The number of hydrogen-bond acceptors (Lipinski definition) is 4. The van der Waals surface area contributed by atoms with Crippen molar-refractivity contribution in [2.24, 2.45) is 7.05 Å². The minimum absolute atomic E-state index is 0.0554. The molecule has 2 heterocycles. The quantitative estimate of drug-likeness (QED) is 0.567. The first-order valence-electron chi connectivity index (χ1n) is 5.73. The molecule has 0 bridgehead atoms. The fraction of sp³-hybridized carbons (Fsp3) is 0.455. The van der Waals surface area contributed by atoms with Crippen LogP contribution >= 0.6 is 11.6 Å². The van der Waals surface area contributed by atoms with Crippen LogP contribution in [0.25, 0.3) is 11.2 Å². The highest BCUT2D eigenvalue weighted by atomic mass is 35.5. The van der Waals surface area contributed by atoms with Crippen LogP contribution in [0.2, 0.25) is 5.28 Å². The lowest BCUT2D eigenvalue weighted by molar-refractivity contribution is 0.311. The Hall–Kier alpha value is -1.69. The SMILES string of the molecule is Cn1c(=O)c(=O)n(C2CCC2)c2nc(Cl)ncc21. The summed E-state index contributed by atoms with van der Waals surface area (Å²) in [6, 6.07) is 0.0554. The number of rotatable bonds is 1. The highest BCUT2D eigenvalue weighted by Gasteiger charge is 2.25. The summed E-state index contributed by atoms with van der Waals surface area (Å²) in [7, 11) is 1.54. The monoisotopic (exact) mass is 266 g/mol. The second kappa shape index (κ2) is 3.91. The molecule has 0 atom stereocenters. The van der Waals surface area contributed by atoms with Crippen LogP contribution in [0.15, 0.2) is 15.8 Å². The fourth-order valence-electron chi connectivity index (χ4n) is 2.20. The molecule has 0 N–H and O–H groups in total.